The van der Waals surface area contributed by atoms with Crippen LogP contribution >= 0.6 is 0 Å². The lowest BCUT2D eigenvalue weighted by atomic mass is 10.2. The van der Waals surface area contributed by atoms with Gasteiger partial charge in [-0.15, -0.1) is 0 Å². The minimum absolute atomic E-state index is 0.0700. The molecule has 1 aliphatic carbocycles. The molecule has 0 aromatic heterocycles. The van der Waals surface area contributed by atoms with Crippen LogP contribution in [0.2, 0.25) is 0 Å². The van der Waals surface area contributed by atoms with Gasteiger partial charge >= 0.3 is 12.0 Å². The number of morpholine rings is 1. The molecule has 2 rings (SSSR count). The van der Waals surface area contributed by atoms with E-state index in [9.17, 15) is 9.59 Å². The molecule has 6 heteroatoms. The molecule has 2 unspecified atom stereocenters. The van der Waals surface area contributed by atoms with Crippen molar-refractivity contribution in [3.63, 3.8) is 0 Å². The lowest BCUT2D eigenvalue weighted by Crippen LogP contribution is -2.57. The maximum atomic E-state index is 12.0. The number of carboxylic acids is 1. The zero-order valence-corrected chi connectivity index (χ0v) is 9.89. The molecule has 0 aromatic carbocycles. The normalized spacial score (nSPS) is 26.4. The molecule has 1 heterocycles. The summed E-state index contributed by atoms with van der Waals surface area (Å²) in [6.45, 7) is 2.77. The van der Waals surface area contributed by atoms with E-state index in [-0.39, 0.29) is 18.7 Å². The molecule has 6 nitrogen and oxygen atoms in total. The van der Waals surface area contributed by atoms with Crippen LogP contribution in [0.15, 0.2) is 0 Å². The first-order valence-corrected chi connectivity index (χ1v) is 5.97. The summed E-state index contributed by atoms with van der Waals surface area (Å²) in [5.74, 6) is -0.456. The molecule has 2 aliphatic rings. The van der Waals surface area contributed by atoms with E-state index in [0.717, 1.165) is 12.8 Å². The van der Waals surface area contributed by atoms with Gasteiger partial charge in [0.2, 0.25) is 0 Å². The van der Waals surface area contributed by atoms with Crippen molar-refractivity contribution in [3.8, 4) is 0 Å². The Bertz CT molecular complexity index is 317. The highest BCUT2D eigenvalue weighted by Gasteiger charge is 2.35. The average Bonchev–Trinajstić information content (AvgIpc) is 3.12. The number of aliphatic carboxylic acids is 1. The predicted octanol–water partition coefficient (Wildman–Crippen LogP) is 0.280. The molecular weight excluding hydrogens is 224 g/mol. The van der Waals surface area contributed by atoms with Gasteiger partial charge in [0.25, 0.3) is 0 Å². The second-order valence-electron chi connectivity index (χ2n) is 4.70. The molecule has 1 saturated carbocycles. The monoisotopic (exact) mass is 242 g/mol. The van der Waals surface area contributed by atoms with E-state index in [1.54, 1.807) is 0 Å². The van der Waals surface area contributed by atoms with E-state index < -0.39 is 12.0 Å². The summed E-state index contributed by atoms with van der Waals surface area (Å²) >= 11 is 0. The van der Waals surface area contributed by atoms with Crippen LogP contribution in [0.4, 0.5) is 4.79 Å². The average molecular weight is 242 g/mol. The summed E-state index contributed by atoms with van der Waals surface area (Å²) in [4.78, 5) is 24.3. The summed E-state index contributed by atoms with van der Waals surface area (Å²) < 4.78 is 5.09. The van der Waals surface area contributed by atoms with Gasteiger partial charge in [0.05, 0.1) is 13.2 Å². The molecule has 0 spiro atoms. The third-order valence-corrected chi connectivity index (χ3v) is 3.35. The minimum atomic E-state index is -1.01. The first-order chi connectivity index (χ1) is 8.09. The fourth-order valence-corrected chi connectivity index (χ4v) is 2.04. The van der Waals surface area contributed by atoms with E-state index in [4.69, 9.17) is 9.84 Å². The third-order valence-electron chi connectivity index (χ3n) is 3.35. The maximum Gasteiger partial charge on any atom is 0.328 e. The Labute approximate surface area is 99.9 Å². The van der Waals surface area contributed by atoms with E-state index in [0.29, 0.717) is 19.1 Å². The van der Waals surface area contributed by atoms with Crippen LogP contribution < -0.4 is 5.32 Å². The number of rotatable bonds is 3. The summed E-state index contributed by atoms with van der Waals surface area (Å²) in [7, 11) is 0. The Morgan fingerprint density at radius 2 is 2.18 bits per heavy atom. The number of carbonyl (C=O) groups is 2. The summed E-state index contributed by atoms with van der Waals surface area (Å²) in [5.41, 5.74) is 0. The standard InChI is InChI=1S/C11H18N2O4/c1-7(8-2-3-8)12-11(16)13-4-5-17-6-9(13)10(14)15/h7-9H,2-6H2,1H3,(H,12,16)(H,14,15). The molecule has 17 heavy (non-hydrogen) atoms. The van der Waals surface area contributed by atoms with Gasteiger partial charge in [-0.2, -0.15) is 0 Å². The number of urea groups is 1. The highest BCUT2D eigenvalue weighted by Crippen LogP contribution is 2.32. The zero-order chi connectivity index (χ0) is 12.4. The molecule has 96 valence electrons. The van der Waals surface area contributed by atoms with Crippen LogP contribution in [0, 0.1) is 5.92 Å². The van der Waals surface area contributed by atoms with Crippen molar-refractivity contribution in [2.24, 2.45) is 5.92 Å². The van der Waals surface area contributed by atoms with Crippen LogP contribution in [0.3, 0.4) is 0 Å². The van der Waals surface area contributed by atoms with E-state index in [1.807, 2.05) is 6.92 Å². The number of nitrogens with zero attached hydrogens (tertiary/aromatic N) is 1. The second kappa shape index (κ2) is 4.91. The van der Waals surface area contributed by atoms with Gasteiger partial charge in [-0.1, -0.05) is 0 Å². The quantitative estimate of drug-likeness (QED) is 0.745. The molecule has 2 atom stereocenters. The molecule has 0 aromatic rings. The number of nitrogens with one attached hydrogen (secondary N) is 1. The van der Waals surface area contributed by atoms with Crippen molar-refractivity contribution in [1.82, 2.24) is 10.2 Å². The van der Waals surface area contributed by atoms with Crippen LogP contribution in [-0.4, -0.2) is 53.8 Å². The third kappa shape index (κ3) is 2.88. The number of amides is 2. The molecule has 0 radical (unpaired) electrons. The van der Waals surface area contributed by atoms with Crippen LogP contribution in [0.1, 0.15) is 19.8 Å². The largest absolute Gasteiger partial charge is 0.480 e. The van der Waals surface area contributed by atoms with Crippen molar-refractivity contribution in [1.29, 1.82) is 0 Å². The number of carbonyl (C=O) groups excluding carboxylic acids is 1. The van der Waals surface area contributed by atoms with E-state index in [2.05, 4.69) is 5.32 Å². The number of hydrogen-bond donors (Lipinski definition) is 2. The number of carboxylic acid groups (broad SMARTS) is 1. The maximum absolute atomic E-state index is 12.0. The molecule has 2 N–H and O–H groups in total. The first-order valence-electron chi connectivity index (χ1n) is 5.97. The SMILES string of the molecule is CC(NC(=O)N1CCOCC1C(=O)O)C1CC1. The highest BCUT2D eigenvalue weighted by molar-refractivity contribution is 5.83. The summed E-state index contributed by atoms with van der Waals surface area (Å²) in [6, 6.07) is -1.03. The van der Waals surface area contributed by atoms with Gasteiger partial charge in [0, 0.05) is 12.6 Å². The molecular formula is C11H18N2O4. The van der Waals surface area contributed by atoms with E-state index in [1.165, 1.54) is 4.90 Å². The Balaban J connectivity index is 1.92. The lowest BCUT2D eigenvalue weighted by molar-refractivity contribution is -0.147. The van der Waals surface area contributed by atoms with Crippen LogP contribution in [0.25, 0.3) is 0 Å². The zero-order valence-electron chi connectivity index (χ0n) is 9.89. The molecule has 1 aliphatic heterocycles. The van der Waals surface area contributed by atoms with Crippen molar-refractivity contribution in [3.05, 3.63) is 0 Å². The smallest absolute Gasteiger partial charge is 0.328 e. The van der Waals surface area contributed by atoms with Crippen LogP contribution in [0.5, 0.6) is 0 Å². The van der Waals surface area contributed by atoms with Gasteiger partial charge in [-0.25, -0.2) is 9.59 Å². The van der Waals surface area contributed by atoms with Crippen molar-refractivity contribution in [2.75, 3.05) is 19.8 Å². The Hall–Kier alpha value is -1.30. The Kier molecular flexibility index (Phi) is 3.51. The summed E-state index contributed by atoms with van der Waals surface area (Å²) in [6.07, 6.45) is 2.29. The molecule has 1 saturated heterocycles. The first kappa shape index (κ1) is 12.2. The highest BCUT2D eigenvalue weighted by atomic mass is 16.5. The van der Waals surface area contributed by atoms with Crippen LogP contribution in [-0.2, 0) is 9.53 Å². The summed E-state index contributed by atoms with van der Waals surface area (Å²) in [5, 5.41) is 11.9. The van der Waals surface area contributed by atoms with Gasteiger partial charge in [-0.3, -0.25) is 0 Å². The Morgan fingerprint density at radius 1 is 1.47 bits per heavy atom. The van der Waals surface area contributed by atoms with Gasteiger partial charge < -0.3 is 20.1 Å². The van der Waals surface area contributed by atoms with E-state index >= 15 is 0 Å². The van der Waals surface area contributed by atoms with Crippen molar-refractivity contribution in [2.45, 2.75) is 31.8 Å². The van der Waals surface area contributed by atoms with Gasteiger partial charge in [0.1, 0.15) is 0 Å². The fourth-order valence-electron chi connectivity index (χ4n) is 2.04. The fraction of sp³-hybridized carbons (Fsp3) is 0.818. The molecule has 0 bridgehead atoms. The molecule has 2 fully saturated rings. The predicted molar refractivity (Wildman–Crippen MR) is 59.7 cm³/mol. The number of hydrogen-bond acceptors (Lipinski definition) is 3. The van der Waals surface area contributed by atoms with Crippen molar-refractivity contribution < 1.29 is 19.4 Å². The minimum Gasteiger partial charge on any atom is -0.480 e. The van der Waals surface area contributed by atoms with Crippen molar-refractivity contribution >= 4 is 12.0 Å². The number of ether oxygens (including phenoxy) is 1. The lowest BCUT2D eigenvalue weighted by Gasteiger charge is -2.33. The molecule has 2 amide bonds. The van der Waals surface area contributed by atoms with Gasteiger partial charge in [0.15, 0.2) is 6.04 Å². The van der Waals surface area contributed by atoms with Gasteiger partial charge in [-0.05, 0) is 25.7 Å². The second-order valence-corrected chi connectivity index (χ2v) is 4.70. The topological polar surface area (TPSA) is 78.9 Å². The Morgan fingerprint density at radius 3 is 2.76 bits per heavy atom.